The van der Waals surface area contributed by atoms with Crippen LogP contribution in [0.5, 0.6) is 0 Å². The average molecular weight is 433 g/mol. The van der Waals surface area contributed by atoms with Gasteiger partial charge in [-0.1, -0.05) is 0 Å². The fourth-order valence-corrected chi connectivity index (χ4v) is 5.23. The smallest absolute Gasteiger partial charge is 0.0718 e. The summed E-state index contributed by atoms with van der Waals surface area (Å²) in [6.45, 7) is 21.7. The molecule has 3 rings (SSSR count). The largest absolute Gasteiger partial charge is 0.389 e. The molecule has 6 heteroatoms. The molecule has 2 atom stereocenters. The van der Waals surface area contributed by atoms with E-state index in [-0.39, 0.29) is 0 Å². The van der Waals surface area contributed by atoms with Crippen molar-refractivity contribution in [2.75, 3.05) is 62.2 Å². The highest BCUT2D eigenvalue weighted by Gasteiger charge is 2.30. The van der Waals surface area contributed by atoms with Crippen LogP contribution in [0.3, 0.4) is 0 Å². The molecule has 6 nitrogen and oxygen atoms in total. The summed E-state index contributed by atoms with van der Waals surface area (Å²) in [6, 6.07) is 7.75. The van der Waals surface area contributed by atoms with Crippen molar-refractivity contribution in [3.05, 3.63) is 23.8 Å². The standard InChI is InChI=1S/C25H44N4O2/c1-19-14-22(29-13-10-26(15-21(29)3)17-24(4,5)30)8-9-23(19)27-11-12-28(20(2)16-27)18-25(6,7)31/h8-9,14,20-21,30-31H,10-13,15-18H2,1-7H3/t20-,21-/m1/s1. The maximum absolute atomic E-state index is 10.2. The minimum atomic E-state index is -0.651. The van der Waals surface area contributed by atoms with E-state index in [0.29, 0.717) is 12.1 Å². The summed E-state index contributed by atoms with van der Waals surface area (Å²) in [5.41, 5.74) is 2.65. The number of rotatable bonds is 6. The predicted molar refractivity (Wildman–Crippen MR) is 130 cm³/mol. The molecule has 1 aromatic carbocycles. The van der Waals surface area contributed by atoms with Gasteiger partial charge in [-0.3, -0.25) is 9.80 Å². The van der Waals surface area contributed by atoms with Crippen LogP contribution in [0, 0.1) is 6.92 Å². The van der Waals surface area contributed by atoms with Gasteiger partial charge in [-0.05, 0) is 72.2 Å². The molecule has 0 aromatic heterocycles. The van der Waals surface area contributed by atoms with Gasteiger partial charge in [0.15, 0.2) is 0 Å². The lowest BCUT2D eigenvalue weighted by Crippen LogP contribution is -2.55. The summed E-state index contributed by atoms with van der Waals surface area (Å²) in [4.78, 5) is 9.77. The van der Waals surface area contributed by atoms with Crippen LogP contribution in [0.25, 0.3) is 0 Å². The molecule has 2 aliphatic heterocycles. The molecule has 1 aromatic rings. The molecule has 0 unspecified atom stereocenters. The molecule has 0 bridgehead atoms. The van der Waals surface area contributed by atoms with E-state index < -0.39 is 11.2 Å². The number of aryl methyl sites for hydroxylation is 1. The lowest BCUT2D eigenvalue weighted by atomic mass is 10.0. The minimum Gasteiger partial charge on any atom is -0.389 e. The molecular formula is C25H44N4O2. The number of piperazine rings is 2. The van der Waals surface area contributed by atoms with E-state index in [1.807, 2.05) is 27.7 Å². The average Bonchev–Trinajstić information content (AvgIpc) is 2.61. The number of nitrogens with zero attached hydrogens (tertiary/aromatic N) is 4. The first-order valence-corrected chi connectivity index (χ1v) is 11.9. The van der Waals surface area contributed by atoms with Crippen LogP contribution in [0.15, 0.2) is 18.2 Å². The van der Waals surface area contributed by atoms with Gasteiger partial charge in [0.2, 0.25) is 0 Å². The summed E-state index contributed by atoms with van der Waals surface area (Å²) >= 11 is 0. The lowest BCUT2D eigenvalue weighted by molar-refractivity contribution is 0.0201. The Morgan fingerprint density at radius 1 is 0.871 bits per heavy atom. The number of hydrogen-bond acceptors (Lipinski definition) is 6. The number of benzene rings is 1. The van der Waals surface area contributed by atoms with E-state index in [1.54, 1.807) is 0 Å². The van der Waals surface area contributed by atoms with E-state index in [4.69, 9.17) is 0 Å². The van der Waals surface area contributed by atoms with Crippen molar-refractivity contribution in [1.29, 1.82) is 0 Å². The fraction of sp³-hybridized carbons (Fsp3) is 0.760. The summed E-state index contributed by atoms with van der Waals surface area (Å²) in [5, 5.41) is 20.3. The highest BCUT2D eigenvalue weighted by Crippen LogP contribution is 2.30. The Labute approximate surface area is 189 Å². The molecule has 2 fully saturated rings. The SMILES string of the molecule is Cc1cc(N2CCN(CC(C)(C)O)C[C@H]2C)ccc1N1CCN(CC(C)(C)O)[C@H](C)C1. The molecule has 31 heavy (non-hydrogen) atoms. The van der Waals surface area contributed by atoms with E-state index in [0.717, 1.165) is 52.4 Å². The van der Waals surface area contributed by atoms with Crippen LogP contribution in [-0.2, 0) is 0 Å². The molecule has 2 N–H and O–H groups in total. The van der Waals surface area contributed by atoms with Crippen LogP contribution in [0.4, 0.5) is 11.4 Å². The number of hydrogen-bond donors (Lipinski definition) is 2. The first-order valence-electron chi connectivity index (χ1n) is 11.9. The monoisotopic (exact) mass is 432 g/mol. The van der Waals surface area contributed by atoms with Crippen molar-refractivity contribution in [2.45, 2.75) is 71.8 Å². The maximum atomic E-state index is 10.2. The lowest BCUT2D eigenvalue weighted by Gasteiger charge is -2.44. The second kappa shape index (κ2) is 9.26. The van der Waals surface area contributed by atoms with Gasteiger partial charge in [0.1, 0.15) is 0 Å². The Hall–Kier alpha value is -1.34. The molecule has 0 aliphatic carbocycles. The van der Waals surface area contributed by atoms with Crippen molar-refractivity contribution in [1.82, 2.24) is 9.80 Å². The highest BCUT2D eigenvalue weighted by molar-refractivity contribution is 5.62. The molecule has 0 saturated carbocycles. The Balaban J connectivity index is 1.63. The van der Waals surface area contributed by atoms with Crippen LogP contribution >= 0.6 is 0 Å². The summed E-state index contributed by atoms with van der Waals surface area (Å²) in [6.07, 6.45) is 0. The van der Waals surface area contributed by atoms with Gasteiger partial charge in [-0.25, -0.2) is 0 Å². The van der Waals surface area contributed by atoms with Gasteiger partial charge in [-0.2, -0.15) is 0 Å². The molecule has 2 aliphatic rings. The molecular weight excluding hydrogens is 388 g/mol. The molecule has 0 amide bonds. The zero-order chi connectivity index (χ0) is 23.0. The van der Waals surface area contributed by atoms with Crippen LogP contribution in [0.1, 0.15) is 47.1 Å². The highest BCUT2D eigenvalue weighted by atomic mass is 16.3. The zero-order valence-corrected chi connectivity index (χ0v) is 20.7. The van der Waals surface area contributed by atoms with Crippen LogP contribution < -0.4 is 9.80 Å². The Kier molecular flexibility index (Phi) is 7.26. The number of β-amino-alcohol motifs (C(OH)–C–C–N with tert-alkyl or cyclic N) is 2. The van der Waals surface area contributed by atoms with E-state index in [2.05, 4.69) is 58.6 Å². The molecule has 2 heterocycles. The Bertz CT molecular complexity index is 740. The fourth-order valence-electron chi connectivity index (χ4n) is 5.23. The minimum absolute atomic E-state index is 0.420. The van der Waals surface area contributed by atoms with Crippen LogP contribution in [-0.4, -0.2) is 95.7 Å². The maximum Gasteiger partial charge on any atom is 0.0718 e. The van der Waals surface area contributed by atoms with Gasteiger partial charge in [0, 0.05) is 75.8 Å². The first-order chi connectivity index (χ1) is 14.3. The molecule has 2 saturated heterocycles. The predicted octanol–water partition coefficient (Wildman–Crippen LogP) is 2.56. The summed E-state index contributed by atoms with van der Waals surface area (Å²) in [7, 11) is 0. The van der Waals surface area contributed by atoms with Crippen molar-refractivity contribution in [3.63, 3.8) is 0 Å². The second-order valence-corrected chi connectivity index (χ2v) is 11.1. The van der Waals surface area contributed by atoms with Crippen molar-refractivity contribution < 1.29 is 10.2 Å². The molecule has 0 spiro atoms. The molecule has 176 valence electrons. The molecule has 0 radical (unpaired) electrons. The normalized spacial score (nSPS) is 24.7. The van der Waals surface area contributed by atoms with Crippen molar-refractivity contribution in [3.8, 4) is 0 Å². The van der Waals surface area contributed by atoms with Crippen molar-refractivity contribution in [2.24, 2.45) is 0 Å². The van der Waals surface area contributed by atoms with E-state index in [9.17, 15) is 10.2 Å². The third-order valence-electron chi connectivity index (χ3n) is 6.53. The van der Waals surface area contributed by atoms with Gasteiger partial charge in [0.05, 0.1) is 11.2 Å². The zero-order valence-electron chi connectivity index (χ0n) is 20.7. The Morgan fingerprint density at radius 3 is 2.10 bits per heavy atom. The van der Waals surface area contributed by atoms with Crippen molar-refractivity contribution >= 4 is 11.4 Å². The van der Waals surface area contributed by atoms with Gasteiger partial charge in [0.25, 0.3) is 0 Å². The Morgan fingerprint density at radius 2 is 1.55 bits per heavy atom. The van der Waals surface area contributed by atoms with E-state index >= 15 is 0 Å². The van der Waals surface area contributed by atoms with Crippen LogP contribution in [0.2, 0.25) is 0 Å². The topological polar surface area (TPSA) is 53.4 Å². The third-order valence-corrected chi connectivity index (χ3v) is 6.53. The first kappa shape index (κ1) is 24.3. The number of anilines is 2. The van der Waals surface area contributed by atoms with Gasteiger partial charge in [-0.15, -0.1) is 0 Å². The van der Waals surface area contributed by atoms with Gasteiger partial charge < -0.3 is 20.0 Å². The second-order valence-electron chi connectivity index (χ2n) is 11.1. The third kappa shape index (κ3) is 6.58. The van der Waals surface area contributed by atoms with E-state index in [1.165, 1.54) is 16.9 Å². The number of aliphatic hydroxyl groups is 2. The summed E-state index contributed by atoms with van der Waals surface area (Å²) < 4.78 is 0. The quantitative estimate of drug-likeness (QED) is 0.721. The summed E-state index contributed by atoms with van der Waals surface area (Å²) in [5.74, 6) is 0. The van der Waals surface area contributed by atoms with Gasteiger partial charge >= 0.3 is 0 Å².